The molecule has 7 heteroatoms. The van der Waals surface area contributed by atoms with Gasteiger partial charge in [0.15, 0.2) is 11.3 Å². The molecule has 0 aromatic carbocycles. The zero-order valence-corrected chi connectivity index (χ0v) is 10.7. The highest BCUT2D eigenvalue weighted by Crippen LogP contribution is 2.30. The molecule has 1 heterocycles. The van der Waals surface area contributed by atoms with Gasteiger partial charge in [0.05, 0.1) is 0 Å². The van der Waals surface area contributed by atoms with E-state index in [-0.39, 0.29) is 6.42 Å². The van der Waals surface area contributed by atoms with Crippen LogP contribution in [0.5, 0.6) is 0 Å². The molecule has 2 N–H and O–H groups in total. The number of halogens is 4. The zero-order valence-electron chi connectivity index (χ0n) is 8.27. The predicted molar refractivity (Wildman–Crippen MR) is 59.4 cm³/mol. The van der Waals surface area contributed by atoms with Gasteiger partial charge in [-0.3, -0.25) is 4.79 Å². The van der Waals surface area contributed by atoms with Crippen molar-refractivity contribution in [2.75, 3.05) is 0 Å². The van der Waals surface area contributed by atoms with Gasteiger partial charge in [0.25, 0.3) is 0 Å². The van der Waals surface area contributed by atoms with E-state index in [1.807, 2.05) is 0 Å². The monoisotopic (exact) mass is 315 g/mol. The van der Waals surface area contributed by atoms with Crippen LogP contribution in [-0.2, 0) is 11.2 Å². The van der Waals surface area contributed by atoms with Gasteiger partial charge >= 0.3 is 6.18 Å². The van der Waals surface area contributed by atoms with Crippen molar-refractivity contribution in [3.05, 3.63) is 20.8 Å². The normalized spacial score (nSPS) is 15.9. The highest BCUT2D eigenvalue weighted by molar-refractivity contribution is 9.10. The van der Waals surface area contributed by atoms with Gasteiger partial charge in [-0.15, -0.1) is 11.3 Å². The molecular formula is C9H9BrF3NOS. The van der Waals surface area contributed by atoms with E-state index in [1.54, 1.807) is 11.4 Å². The van der Waals surface area contributed by atoms with E-state index >= 15 is 0 Å². The molecule has 0 saturated heterocycles. The lowest BCUT2D eigenvalue weighted by molar-refractivity contribution is -0.185. The summed E-state index contributed by atoms with van der Waals surface area (Å²) < 4.78 is 38.1. The lowest BCUT2D eigenvalue weighted by Gasteiger charge is -2.25. The number of hydrogen-bond acceptors (Lipinski definition) is 3. The SMILES string of the molecule is CC(N)(C(=O)Cc1cc(Br)cs1)C(F)(F)F. The first-order valence-corrected chi connectivity index (χ1v) is 5.93. The van der Waals surface area contributed by atoms with E-state index in [9.17, 15) is 18.0 Å². The third-order valence-corrected chi connectivity index (χ3v) is 3.82. The first kappa shape index (κ1) is 13.7. The Morgan fingerprint density at radius 1 is 1.56 bits per heavy atom. The number of alkyl halides is 3. The molecule has 0 bridgehead atoms. The second kappa shape index (κ2) is 4.46. The smallest absolute Gasteiger partial charge is 0.312 e. The molecule has 16 heavy (non-hydrogen) atoms. The number of carbonyl (C=O) groups excluding carboxylic acids is 1. The molecule has 0 fully saturated rings. The molecule has 0 radical (unpaired) electrons. The fourth-order valence-corrected chi connectivity index (χ4v) is 2.40. The predicted octanol–water partition coefficient (Wildman–Crippen LogP) is 2.90. The van der Waals surface area contributed by atoms with Crippen LogP contribution in [-0.4, -0.2) is 17.5 Å². The second-order valence-corrected chi connectivity index (χ2v) is 5.44. The summed E-state index contributed by atoms with van der Waals surface area (Å²) in [6.45, 7) is 0.692. The molecule has 1 aromatic rings. The highest BCUT2D eigenvalue weighted by Gasteiger charge is 2.53. The van der Waals surface area contributed by atoms with Crippen LogP contribution < -0.4 is 5.73 Å². The molecular weight excluding hydrogens is 307 g/mol. The number of hydrogen-bond donors (Lipinski definition) is 1. The number of Topliss-reactive ketones (excluding diaryl/α,β-unsaturated/α-hetero) is 1. The molecule has 1 unspecified atom stereocenters. The second-order valence-electron chi connectivity index (χ2n) is 3.53. The largest absolute Gasteiger partial charge is 0.413 e. The maximum Gasteiger partial charge on any atom is 0.413 e. The van der Waals surface area contributed by atoms with Crippen molar-refractivity contribution in [2.24, 2.45) is 5.73 Å². The Labute approximate surface area is 103 Å². The lowest BCUT2D eigenvalue weighted by Crippen LogP contribution is -2.57. The molecule has 90 valence electrons. The summed E-state index contributed by atoms with van der Waals surface area (Å²) in [4.78, 5) is 12.0. The maximum atomic E-state index is 12.4. The number of nitrogens with two attached hydrogens (primary N) is 1. The fraction of sp³-hybridized carbons (Fsp3) is 0.444. The molecule has 0 aliphatic rings. The Hall–Kier alpha value is -0.400. The molecule has 1 aromatic heterocycles. The van der Waals surface area contributed by atoms with Crippen molar-refractivity contribution < 1.29 is 18.0 Å². The van der Waals surface area contributed by atoms with E-state index < -0.39 is 17.5 Å². The first-order chi connectivity index (χ1) is 7.14. The van der Waals surface area contributed by atoms with Crippen LogP contribution in [0, 0.1) is 0 Å². The average molecular weight is 316 g/mol. The summed E-state index contributed by atoms with van der Waals surface area (Å²) in [5.74, 6) is -1.03. The quantitative estimate of drug-likeness (QED) is 0.932. The Morgan fingerprint density at radius 3 is 2.50 bits per heavy atom. The van der Waals surface area contributed by atoms with Gasteiger partial charge < -0.3 is 5.73 Å². The number of rotatable bonds is 3. The van der Waals surface area contributed by atoms with Crippen LogP contribution in [0.1, 0.15) is 11.8 Å². The molecule has 0 saturated carbocycles. The lowest BCUT2D eigenvalue weighted by atomic mass is 9.94. The zero-order chi connectivity index (χ0) is 12.6. The molecule has 0 aliphatic heterocycles. The molecule has 0 aliphatic carbocycles. The van der Waals surface area contributed by atoms with Crippen molar-refractivity contribution in [2.45, 2.75) is 25.1 Å². The van der Waals surface area contributed by atoms with Crippen LogP contribution >= 0.6 is 27.3 Å². The van der Waals surface area contributed by atoms with Crippen LogP contribution in [0.3, 0.4) is 0 Å². The number of ketones is 1. The van der Waals surface area contributed by atoms with Gasteiger partial charge in [-0.25, -0.2) is 0 Å². The summed E-state index contributed by atoms with van der Waals surface area (Å²) in [5.41, 5.74) is 2.22. The van der Waals surface area contributed by atoms with Gasteiger partial charge in [0.2, 0.25) is 0 Å². The number of thiophene rings is 1. The van der Waals surface area contributed by atoms with E-state index in [2.05, 4.69) is 15.9 Å². The van der Waals surface area contributed by atoms with Crippen molar-refractivity contribution in [1.82, 2.24) is 0 Å². The van der Waals surface area contributed by atoms with Gasteiger partial charge in [-0.05, 0) is 28.9 Å². The summed E-state index contributed by atoms with van der Waals surface area (Å²) in [6, 6.07) is 1.61. The first-order valence-electron chi connectivity index (χ1n) is 4.26. The topological polar surface area (TPSA) is 43.1 Å². The van der Waals surface area contributed by atoms with E-state index in [0.29, 0.717) is 11.8 Å². The van der Waals surface area contributed by atoms with E-state index in [4.69, 9.17) is 5.73 Å². The average Bonchev–Trinajstić information content (AvgIpc) is 2.49. The van der Waals surface area contributed by atoms with Crippen molar-refractivity contribution in [1.29, 1.82) is 0 Å². The molecule has 1 rings (SSSR count). The van der Waals surface area contributed by atoms with Gasteiger partial charge in [0.1, 0.15) is 0 Å². The molecule has 0 spiro atoms. The third kappa shape index (κ3) is 2.83. The van der Waals surface area contributed by atoms with Crippen LogP contribution in [0.4, 0.5) is 13.2 Å². The van der Waals surface area contributed by atoms with Crippen LogP contribution in [0.25, 0.3) is 0 Å². The Morgan fingerprint density at radius 2 is 2.12 bits per heavy atom. The Kier molecular flexibility index (Phi) is 3.81. The van der Waals surface area contributed by atoms with Crippen LogP contribution in [0.2, 0.25) is 0 Å². The van der Waals surface area contributed by atoms with Crippen LogP contribution in [0.15, 0.2) is 15.9 Å². The standard InChI is InChI=1S/C9H9BrF3NOS/c1-8(14,9(11,12)13)7(15)3-6-2-5(10)4-16-6/h2,4H,3,14H2,1H3. The molecule has 2 nitrogen and oxygen atoms in total. The van der Waals surface area contributed by atoms with Crippen molar-refractivity contribution in [3.63, 3.8) is 0 Å². The van der Waals surface area contributed by atoms with E-state index in [1.165, 1.54) is 11.3 Å². The Balaban J connectivity index is 2.80. The number of carbonyl (C=O) groups is 1. The van der Waals surface area contributed by atoms with Gasteiger partial charge in [-0.2, -0.15) is 13.2 Å². The van der Waals surface area contributed by atoms with Crippen molar-refractivity contribution >= 4 is 33.0 Å². The molecule has 1 atom stereocenters. The van der Waals surface area contributed by atoms with Crippen molar-refractivity contribution in [3.8, 4) is 0 Å². The summed E-state index contributed by atoms with van der Waals surface area (Å²) in [7, 11) is 0. The van der Waals surface area contributed by atoms with Gasteiger partial charge in [-0.1, -0.05) is 0 Å². The minimum atomic E-state index is -4.72. The summed E-state index contributed by atoms with van der Waals surface area (Å²) in [6.07, 6.45) is -5.03. The Bertz CT molecular complexity index is 400. The molecule has 0 amide bonds. The highest BCUT2D eigenvalue weighted by atomic mass is 79.9. The third-order valence-electron chi connectivity index (χ3n) is 2.12. The summed E-state index contributed by atoms with van der Waals surface area (Å²) in [5, 5.41) is 1.70. The van der Waals surface area contributed by atoms with Gasteiger partial charge in [0, 0.05) is 21.2 Å². The van der Waals surface area contributed by atoms with E-state index in [0.717, 1.165) is 4.47 Å². The summed E-state index contributed by atoms with van der Waals surface area (Å²) >= 11 is 4.37. The fourth-order valence-electron chi connectivity index (χ4n) is 0.946. The minimum absolute atomic E-state index is 0.303. The maximum absolute atomic E-state index is 12.4. The minimum Gasteiger partial charge on any atom is -0.312 e.